The standard InChI is InChI=1S/C24H30N2O5/c1-15(2)19-13-20(22(28)14-21(19)27)24(30)26(16(3)4)18-7-5-6-17(12-18)23(29)25-8-10-31-11-9-25/h5-7,12-16,27-28H,8-11H2,1-4H3. The van der Waals surface area contributed by atoms with Crippen molar-refractivity contribution >= 4 is 17.5 Å². The highest BCUT2D eigenvalue weighted by atomic mass is 16.5. The van der Waals surface area contributed by atoms with Crippen LogP contribution < -0.4 is 4.90 Å². The summed E-state index contributed by atoms with van der Waals surface area (Å²) < 4.78 is 5.32. The minimum atomic E-state index is -0.398. The maximum atomic E-state index is 13.4. The average molecular weight is 427 g/mol. The van der Waals surface area contributed by atoms with E-state index in [0.717, 1.165) is 0 Å². The van der Waals surface area contributed by atoms with Crippen molar-refractivity contribution in [3.8, 4) is 11.5 Å². The van der Waals surface area contributed by atoms with E-state index in [1.165, 1.54) is 12.1 Å². The highest BCUT2D eigenvalue weighted by Crippen LogP contribution is 2.34. The van der Waals surface area contributed by atoms with Crippen LogP contribution in [-0.2, 0) is 4.74 Å². The van der Waals surface area contributed by atoms with Gasteiger partial charge in [-0.2, -0.15) is 0 Å². The zero-order valence-electron chi connectivity index (χ0n) is 18.5. The van der Waals surface area contributed by atoms with Gasteiger partial charge in [-0.3, -0.25) is 9.59 Å². The molecule has 2 N–H and O–H groups in total. The van der Waals surface area contributed by atoms with Crippen molar-refractivity contribution in [1.82, 2.24) is 4.90 Å². The highest BCUT2D eigenvalue weighted by Gasteiger charge is 2.26. The Balaban J connectivity index is 1.97. The third-order valence-corrected chi connectivity index (χ3v) is 5.40. The van der Waals surface area contributed by atoms with Gasteiger partial charge in [-0.1, -0.05) is 19.9 Å². The minimum Gasteiger partial charge on any atom is -0.508 e. The number of hydrogen-bond acceptors (Lipinski definition) is 5. The molecule has 2 amide bonds. The van der Waals surface area contributed by atoms with E-state index in [1.54, 1.807) is 34.1 Å². The maximum absolute atomic E-state index is 13.4. The van der Waals surface area contributed by atoms with Gasteiger partial charge in [0, 0.05) is 36.4 Å². The lowest BCUT2D eigenvalue weighted by molar-refractivity contribution is 0.0303. The summed E-state index contributed by atoms with van der Waals surface area (Å²) >= 11 is 0. The van der Waals surface area contributed by atoms with Crippen molar-refractivity contribution < 1.29 is 24.5 Å². The summed E-state index contributed by atoms with van der Waals surface area (Å²) in [6.45, 7) is 9.65. The topological polar surface area (TPSA) is 90.3 Å². The Hall–Kier alpha value is -3.06. The molecule has 1 saturated heterocycles. The van der Waals surface area contributed by atoms with Crippen molar-refractivity contribution in [3.63, 3.8) is 0 Å². The third-order valence-electron chi connectivity index (χ3n) is 5.40. The first-order valence-corrected chi connectivity index (χ1v) is 10.6. The number of rotatable bonds is 5. The van der Waals surface area contributed by atoms with Gasteiger partial charge in [-0.15, -0.1) is 0 Å². The molecule has 2 aromatic carbocycles. The summed E-state index contributed by atoms with van der Waals surface area (Å²) in [5, 5.41) is 20.5. The number of anilines is 1. The molecule has 3 rings (SSSR count). The fourth-order valence-electron chi connectivity index (χ4n) is 3.75. The molecule has 0 radical (unpaired) electrons. The SMILES string of the molecule is CC(C)c1cc(C(=O)N(c2cccc(C(=O)N3CCOCC3)c2)C(C)C)c(O)cc1O. The number of phenolic OH excluding ortho intramolecular Hbond substituents is 2. The van der Waals surface area contributed by atoms with Crippen molar-refractivity contribution in [3.05, 3.63) is 53.1 Å². The van der Waals surface area contributed by atoms with Crippen LogP contribution in [0.5, 0.6) is 11.5 Å². The largest absolute Gasteiger partial charge is 0.508 e. The van der Waals surface area contributed by atoms with E-state index in [4.69, 9.17) is 4.74 Å². The van der Waals surface area contributed by atoms with Gasteiger partial charge in [0.15, 0.2) is 0 Å². The summed E-state index contributed by atoms with van der Waals surface area (Å²) in [5.41, 5.74) is 1.76. The molecule has 2 aromatic rings. The van der Waals surface area contributed by atoms with Crippen LogP contribution in [-0.4, -0.2) is 59.3 Å². The molecule has 1 aliphatic heterocycles. The second-order valence-electron chi connectivity index (χ2n) is 8.31. The van der Waals surface area contributed by atoms with Gasteiger partial charge in [0.25, 0.3) is 11.8 Å². The lowest BCUT2D eigenvalue weighted by Crippen LogP contribution is -2.41. The molecule has 0 aromatic heterocycles. The number of ether oxygens (including phenoxy) is 1. The Morgan fingerprint density at radius 1 is 1.00 bits per heavy atom. The lowest BCUT2D eigenvalue weighted by atomic mass is 9.98. The summed E-state index contributed by atoms with van der Waals surface area (Å²) in [6.07, 6.45) is 0. The monoisotopic (exact) mass is 426 g/mol. The van der Waals surface area contributed by atoms with Crippen LogP contribution in [0.15, 0.2) is 36.4 Å². The van der Waals surface area contributed by atoms with Gasteiger partial charge in [0.1, 0.15) is 11.5 Å². The molecule has 31 heavy (non-hydrogen) atoms. The van der Waals surface area contributed by atoms with E-state index in [1.807, 2.05) is 27.7 Å². The fraction of sp³-hybridized carbons (Fsp3) is 0.417. The Morgan fingerprint density at radius 3 is 2.29 bits per heavy atom. The average Bonchev–Trinajstić information content (AvgIpc) is 2.73. The van der Waals surface area contributed by atoms with Gasteiger partial charge < -0.3 is 24.7 Å². The molecule has 0 aliphatic carbocycles. The first-order valence-electron chi connectivity index (χ1n) is 10.6. The summed E-state index contributed by atoms with van der Waals surface area (Å²) in [7, 11) is 0. The van der Waals surface area contributed by atoms with Gasteiger partial charge in [-0.05, 0) is 49.6 Å². The van der Waals surface area contributed by atoms with E-state index in [0.29, 0.717) is 43.1 Å². The Kier molecular flexibility index (Phi) is 6.85. The van der Waals surface area contributed by atoms with Gasteiger partial charge in [0.2, 0.25) is 0 Å². The quantitative estimate of drug-likeness (QED) is 0.760. The van der Waals surface area contributed by atoms with Crippen LogP contribution in [0.4, 0.5) is 5.69 Å². The van der Waals surface area contributed by atoms with Crippen LogP contribution in [0.2, 0.25) is 0 Å². The van der Waals surface area contributed by atoms with E-state index in [-0.39, 0.29) is 34.9 Å². The summed E-state index contributed by atoms with van der Waals surface area (Å²) in [4.78, 5) is 29.6. The van der Waals surface area contributed by atoms with E-state index in [9.17, 15) is 19.8 Å². The molecule has 1 aliphatic rings. The molecule has 0 atom stereocenters. The van der Waals surface area contributed by atoms with Crippen LogP contribution in [0.1, 0.15) is 59.9 Å². The fourth-order valence-corrected chi connectivity index (χ4v) is 3.75. The summed E-state index contributed by atoms with van der Waals surface area (Å²) in [5.74, 6) is -0.841. The number of morpholine rings is 1. The van der Waals surface area contributed by atoms with E-state index < -0.39 is 5.91 Å². The molecule has 1 fully saturated rings. The first-order chi connectivity index (χ1) is 14.7. The normalized spacial score (nSPS) is 14.2. The molecule has 0 saturated carbocycles. The molecule has 7 heteroatoms. The Labute approximate surface area is 182 Å². The predicted octanol–water partition coefficient (Wildman–Crippen LogP) is 3.75. The van der Waals surface area contributed by atoms with Crippen LogP contribution in [0, 0.1) is 0 Å². The lowest BCUT2D eigenvalue weighted by Gasteiger charge is -2.29. The van der Waals surface area contributed by atoms with Gasteiger partial charge in [-0.25, -0.2) is 0 Å². The smallest absolute Gasteiger partial charge is 0.262 e. The molecule has 0 unspecified atom stereocenters. The van der Waals surface area contributed by atoms with Gasteiger partial charge >= 0.3 is 0 Å². The molecule has 1 heterocycles. The number of amides is 2. The van der Waals surface area contributed by atoms with Crippen LogP contribution in [0.3, 0.4) is 0 Å². The van der Waals surface area contributed by atoms with Crippen LogP contribution >= 0.6 is 0 Å². The molecular weight excluding hydrogens is 396 g/mol. The van der Waals surface area contributed by atoms with E-state index >= 15 is 0 Å². The van der Waals surface area contributed by atoms with E-state index in [2.05, 4.69) is 0 Å². The number of aromatic hydroxyl groups is 2. The second kappa shape index (κ2) is 9.39. The number of hydrogen-bond donors (Lipinski definition) is 2. The number of benzene rings is 2. The van der Waals surface area contributed by atoms with Crippen molar-refractivity contribution in [2.45, 2.75) is 39.7 Å². The molecule has 0 bridgehead atoms. The zero-order chi connectivity index (χ0) is 22.7. The number of carbonyl (C=O) groups is 2. The van der Waals surface area contributed by atoms with Crippen molar-refractivity contribution in [1.29, 1.82) is 0 Å². The Bertz CT molecular complexity index is 964. The maximum Gasteiger partial charge on any atom is 0.262 e. The van der Waals surface area contributed by atoms with Crippen molar-refractivity contribution in [2.75, 3.05) is 31.2 Å². The molecular formula is C24H30N2O5. The first kappa shape index (κ1) is 22.6. The summed E-state index contributed by atoms with van der Waals surface area (Å²) in [6, 6.07) is 9.48. The molecule has 7 nitrogen and oxygen atoms in total. The van der Waals surface area contributed by atoms with Gasteiger partial charge in [0.05, 0.1) is 18.8 Å². The highest BCUT2D eigenvalue weighted by molar-refractivity contribution is 6.09. The number of phenols is 2. The van der Waals surface area contributed by atoms with Crippen LogP contribution in [0.25, 0.3) is 0 Å². The number of carbonyl (C=O) groups excluding carboxylic acids is 2. The minimum absolute atomic E-state index is 0.0193. The van der Waals surface area contributed by atoms with Crippen molar-refractivity contribution in [2.24, 2.45) is 0 Å². The predicted molar refractivity (Wildman–Crippen MR) is 119 cm³/mol. The molecule has 166 valence electrons. The third kappa shape index (κ3) is 4.82. The number of nitrogens with zero attached hydrogens (tertiary/aromatic N) is 2. The molecule has 0 spiro atoms. The zero-order valence-corrected chi connectivity index (χ0v) is 18.5. The second-order valence-corrected chi connectivity index (χ2v) is 8.31. The Morgan fingerprint density at radius 2 is 1.68 bits per heavy atom.